The minimum Gasteiger partial charge on any atom is -0.490 e. The molecule has 0 aromatic heterocycles. The second kappa shape index (κ2) is 5.78. The molecular weight excluding hydrogens is 238 g/mol. The molecule has 1 N–H and O–H groups in total. The molecule has 0 amide bonds. The number of nitriles is 1. The van der Waals surface area contributed by atoms with Gasteiger partial charge in [0.1, 0.15) is 0 Å². The van der Waals surface area contributed by atoms with Gasteiger partial charge in [-0.15, -0.1) is 0 Å². The highest BCUT2D eigenvalue weighted by molar-refractivity contribution is 5.25. The Labute approximate surface area is 104 Å². The second-order valence-corrected chi connectivity index (χ2v) is 4.31. The van der Waals surface area contributed by atoms with Crippen LogP contribution in [-0.4, -0.2) is 18.7 Å². The van der Waals surface area contributed by atoms with Gasteiger partial charge >= 0.3 is 0 Å². The van der Waals surface area contributed by atoms with E-state index in [4.69, 9.17) is 10.00 Å². The van der Waals surface area contributed by atoms with Crippen LogP contribution in [-0.2, 0) is 0 Å². The molecule has 0 saturated heterocycles. The highest BCUT2D eigenvalue weighted by atomic mass is 19.2. The Bertz CT molecular complexity index is 455. The summed E-state index contributed by atoms with van der Waals surface area (Å²) in [6.45, 7) is 0.179. The maximum atomic E-state index is 13.2. The normalized spacial score (nSPS) is 16.1. The molecule has 1 aliphatic carbocycles. The maximum Gasteiger partial charge on any atom is 0.200 e. The lowest BCUT2D eigenvalue weighted by Gasteiger charge is -2.12. The van der Waals surface area contributed by atoms with Crippen molar-refractivity contribution in [1.82, 2.24) is 5.32 Å². The molecule has 5 heteroatoms. The van der Waals surface area contributed by atoms with Crippen LogP contribution in [0.5, 0.6) is 5.75 Å². The molecule has 1 saturated carbocycles. The third kappa shape index (κ3) is 3.41. The van der Waals surface area contributed by atoms with Crippen LogP contribution < -0.4 is 10.1 Å². The molecule has 0 radical (unpaired) electrons. The van der Waals surface area contributed by atoms with Crippen molar-refractivity contribution >= 4 is 0 Å². The van der Waals surface area contributed by atoms with Crippen LogP contribution in [0.1, 0.15) is 19.3 Å². The Morgan fingerprint density at radius 1 is 1.44 bits per heavy atom. The Hall–Kier alpha value is -1.67. The van der Waals surface area contributed by atoms with E-state index in [9.17, 15) is 8.78 Å². The average Bonchev–Trinajstić information content (AvgIpc) is 3.17. The van der Waals surface area contributed by atoms with Crippen LogP contribution in [0.15, 0.2) is 18.2 Å². The molecule has 1 fully saturated rings. The van der Waals surface area contributed by atoms with Crippen molar-refractivity contribution in [3.8, 4) is 11.8 Å². The molecule has 3 nitrogen and oxygen atoms in total. The average molecular weight is 252 g/mol. The van der Waals surface area contributed by atoms with E-state index in [-0.39, 0.29) is 18.4 Å². The van der Waals surface area contributed by atoms with E-state index in [0.29, 0.717) is 12.5 Å². The number of benzene rings is 1. The molecule has 1 aromatic rings. The van der Waals surface area contributed by atoms with Crippen molar-refractivity contribution in [3.63, 3.8) is 0 Å². The van der Waals surface area contributed by atoms with Crippen molar-refractivity contribution in [3.05, 3.63) is 29.8 Å². The predicted octanol–water partition coefficient (Wildman–Crippen LogP) is 2.38. The van der Waals surface area contributed by atoms with E-state index in [2.05, 4.69) is 11.4 Å². The lowest BCUT2D eigenvalue weighted by Crippen LogP contribution is -2.31. The molecule has 1 unspecified atom stereocenters. The second-order valence-electron chi connectivity index (χ2n) is 4.31. The van der Waals surface area contributed by atoms with Gasteiger partial charge in [-0.1, -0.05) is 6.07 Å². The topological polar surface area (TPSA) is 45.0 Å². The molecule has 0 aliphatic heterocycles. The maximum absolute atomic E-state index is 13.2. The van der Waals surface area contributed by atoms with Crippen molar-refractivity contribution in [1.29, 1.82) is 5.26 Å². The number of ether oxygens (including phenoxy) is 1. The minimum atomic E-state index is -0.985. The number of hydrogen-bond donors (Lipinski definition) is 1. The van der Waals surface area contributed by atoms with E-state index < -0.39 is 11.6 Å². The lowest BCUT2D eigenvalue weighted by atomic mass is 10.2. The largest absolute Gasteiger partial charge is 0.490 e. The third-order valence-corrected chi connectivity index (χ3v) is 2.75. The van der Waals surface area contributed by atoms with Gasteiger partial charge in [0.25, 0.3) is 0 Å². The van der Waals surface area contributed by atoms with Gasteiger partial charge in [-0.2, -0.15) is 9.65 Å². The fraction of sp³-hybridized carbons (Fsp3) is 0.462. The van der Waals surface area contributed by atoms with Crippen molar-refractivity contribution in [2.75, 3.05) is 6.61 Å². The van der Waals surface area contributed by atoms with E-state index >= 15 is 0 Å². The summed E-state index contributed by atoms with van der Waals surface area (Å²) in [5.74, 6) is -2.03. The van der Waals surface area contributed by atoms with Crippen LogP contribution in [0.3, 0.4) is 0 Å². The van der Waals surface area contributed by atoms with Gasteiger partial charge in [0.2, 0.25) is 5.82 Å². The zero-order valence-electron chi connectivity index (χ0n) is 9.83. The molecule has 0 heterocycles. The summed E-state index contributed by atoms with van der Waals surface area (Å²) in [5, 5.41) is 12.0. The molecule has 96 valence electrons. The highest BCUT2D eigenvalue weighted by Gasteiger charge is 2.24. The molecule has 1 aliphatic rings. The standard InChI is InChI=1S/C13H14F2N2O/c14-11-2-1-3-12(13(11)15)18-7-6-10(8-16)17-9-4-5-9/h1-3,9-10,17H,4-7H2. The molecule has 1 aromatic carbocycles. The Balaban J connectivity index is 1.80. The number of nitrogens with one attached hydrogen (secondary N) is 1. The zero-order chi connectivity index (χ0) is 13.0. The van der Waals surface area contributed by atoms with Gasteiger partial charge in [0, 0.05) is 12.5 Å². The first-order valence-electron chi connectivity index (χ1n) is 5.93. The minimum absolute atomic E-state index is 0.113. The highest BCUT2D eigenvalue weighted by Crippen LogP contribution is 2.21. The molecule has 2 rings (SSSR count). The fourth-order valence-corrected chi connectivity index (χ4v) is 1.60. The first-order valence-corrected chi connectivity index (χ1v) is 5.93. The zero-order valence-corrected chi connectivity index (χ0v) is 9.83. The van der Waals surface area contributed by atoms with E-state index in [0.717, 1.165) is 18.9 Å². The summed E-state index contributed by atoms with van der Waals surface area (Å²) in [4.78, 5) is 0. The monoisotopic (exact) mass is 252 g/mol. The Morgan fingerprint density at radius 3 is 2.89 bits per heavy atom. The molecule has 0 spiro atoms. The number of rotatable bonds is 6. The summed E-state index contributed by atoms with van der Waals surface area (Å²) in [5.41, 5.74) is 0. The smallest absolute Gasteiger partial charge is 0.200 e. The summed E-state index contributed by atoms with van der Waals surface area (Å²) in [7, 11) is 0. The number of halogens is 2. The molecule has 18 heavy (non-hydrogen) atoms. The number of nitrogens with zero attached hydrogens (tertiary/aromatic N) is 1. The Morgan fingerprint density at radius 2 is 2.22 bits per heavy atom. The van der Waals surface area contributed by atoms with E-state index in [1.807, 2.05) is 0 Å². The van der Waals surface area contributed by atoms with Gasteiger partial charge in [-0.3, -0.25) is 5.32 Å². The lowest BCUT2D eigenvalue weighted by molar-refractivity contribution is 0.279. The van der Waals surface area contributed by atoms with Crippen LogP contribution in [0.4, 0.5) is 8.78 Å². The SMILES string of the molecule is N#CC(CCOc1cccc(F)c1F)NC1CC1. The predicted molar refractivity (Wildman–Crippen MR) is 62.0 cm³/mol. The van der Waals surface area contributed by atoms with Gasteiger partial charge in [0.15, 0.2) is 11.6 Å². The van der Waals surface area contributed by atoms with Gasteiger partial charge in [0.05, 0.1) is 18.7 Å². The molecule has 1 atom stereocenters. The summed E-state index contributed by atoms with van der Waals surface area (Å²) >= 11 is 0. The summed E-state index contributed by atoms with van der Waals surface area (Å²) < 4.78 is 31.3. The van der Waals surface area contributed by atoms with E-state index in [1.165, 1.54) is 12.1 Å². The fourth-order valence-electron chi connectivity index (χ4n) is 1.60. The van der Waals surface area contributed by atoms with Crippen LogP contribution >= 0.6 is 0 Å². The first kappa shape index (κ1) is 12.8. The molecular formula is C13H14F2N2O. The van der Waals surface area contributed by atoms with Gasteiger partial charge in [-0.05, 0) is 25.0 Å². The van der Waals surface area contributed by atoms with Crippen LogP contribution in [0, 0.1) is 23.0 Å². The van der Waals surface area contributed by atoms with Gasteiger partial charge < -0.3 is 4.74 Å². The molecule has 0 bridgehead atoms. The first-order chi connectivity index (χ1) is 8.70. The van der Waals surface area contributed by atoms with Crippen molar-refractivity contribution in [2.45, 2.75) is 31.3 Å². The van der Waals surface area contributed by atoms with Crippen molar-refractivity contribution in [2.24, 2.45) is 0 Å². The van der Waals surface area contributed by atoms with Crippen LogP contribution in [0.25, 0.3) is 0 Å². The van der Waals surface area contributed by atoms with E-state index in [1.54, 1.807) is 0 Å². The van der Waals surface area contributed by atoms with Crippen LogP contribution in [0.2, 0.25) is 0 Å². The third-order valence-electron chi connectivity index (χ3n) is 2.75. The number of hydrogen-bond acceptors (Lipinski definition) is 3. The van der Waals surface area contributed by atoms with Gasteiger partial charge in [-0.25, -0.2) is 4.39 Å². The Kier molecular flexibility index (Phi) is 4.11. The quantitative estimate of drug-likeness (QED) is 0.845. The van der Waals surface area contributed by atoms with Crippen molar-refractivity contribution < 1.29 is 13.5 Å². The summed E-state index contributed by atoms with van der Waals surface area (Å²) in [6.07, 6.45) is 2.64. The summed E-state index contributed by atoms with van der Waals surface area (Å²) in [6, 6.07) is 6.05.